The molecular weight excluding hydrogens is 705 g/mol. The lowest BCUT2D eigenvalue weighted by Gasteiger charge is -2.43. The molecule has 1 heterocycles. The van der Waals surface area contributed by atoms with Crippen molar-refractivity contribution >= 4 is 36.5 Å². The molecule has 0 saturated carbocycles. The van der Waals surface area contributed by atoms with Crippen LogP contribution in [0.25, 0.3) is 0 Å². The molecule has 55 heavy (non-hydrogen) atoms. The molecule has 0 aliphatic carbocycles. The summed E-state index contributed by atoms with van der Waals surface area (Å²) in [6.07, 6.45) is 20.9. The number of carbonyl (C=O) groups excluding carboxylic acids is 3. The maximum atomic E-state index is 13.4. The molecule has 0 bridgehead atoms. The Morgan fingerprint density at radius 3 is 2.09 bits per heavy atom. The lowest BCUT2D eigenvalue weighted by atomic mass is 9.86. The topological polar surface area (TPSA) is 114 Å². The molecule has 9 heteroatoms. The van der Waals surface area contributed by atoms with Crippen molar-refractivity contribution in [1.29, 1.82) is 0 Å². The molecule has 8 nitrogen and oxygen atoms in total. The summed E-state index contributed by atoms with van der Waals surface area (Å²) < 4.78 is 10.5. The van der Waals surface area contributed by atoms with Crippen LogP contribution >= 0.6 is 0 Å². The standard InChI is InChI=1S/C46H62N2O6Si/c1-10-11-22-36(33-46(7,8)55(52,37-24-14-12-15-25-37)38-26-16-13-17-27-38)23-20-31-47-43(50)42(45(4,5)6)48-41(49)28-19-18-21-34(2)32-35(3)39-29-30-40(53-9)44(51)54-39/h10-21,24-28,30-32,35-36,39,42,52H,22-23,29,33H2,1-9H3,(H,47,50)(H,48,49)/b11-10-,21-18-,28-19-,31-20-,34-32+/t35-,36-,39-,42+/m0/s1. The zero-order chi connectivity index (χ0) is 40.6. The Morgan fingerprint density at radius 1 is 0.964 bits per heavy atom. The van der Waals surface area contributed by atoms with Gasteiger partial charge in [0.05, 0.1) is 7.11 Å². The molecule has 1 aliphatic rings. The number of rotatable bonds is 18. The molecule has 0 unspecified atom stereocenters. The van der Waals surface area contributed by atoms with E-state index in [2.05, 4.69) is 36.6 Å². The number of allylic oxidation sites excluding steroid dienone is 7. The van der Waals surface area contributed by atoms with Gasteiger partial charge in [-0.1, -0.05) is 150 Å². The number of amides is 2. The van der Waals surface area contributed by atoms with E-state index in [9.17, 15) is 19.2 Å². The van der Waals surface area contributed by atoms with Gasteiger partial charge in [-0.2, -0.15) is 0 Å². The SMILES string of the molecule is C/C=C\C[C@@H](C/C=C\NC(=O)[C@@H](NC(=O)\C=C/C=C\C(C)=C\[C@H](C)[C@@H]1CC=C(OC)C(=O)O1)C(C)(C)C)CC(C)(C)[Si](O)(c1ccccc1)c1ccccc1. The third kappa shape index (κ3) is 12.9. The molecule has 0 aromatic heterocycles. The van der Waals surface area contributed by atoms with E-state index in [0.29, 0.717) is 12.8 Å². The summed E-state index contributed by atoms with van der Waals surface area (Å²) in [5, 5.41) is 7.35. The number of cyclic esters (lactones) is 1. The monoisotopic (exact) mass is 766 g/mol. The van der Waals surface area contributed by atoms with Gasteiger partial charge < -0.3 is 24.9 Å². The zero-order valence-corrected chi connectivity index (χ0v) is 35.2. The van der Waals surface area contributed by atoms with Crippen LogP contribution in [0, 0.1) is 17.3 Å². The van der Waals surface area contributed by atoms with Crippen molar-refractivity contribution in [1.82, 2.24) is 10.6 Å². The van der Waals surface area contributed by atoms with Crippen LogP contribution in [0.5, 0.6) is 0 Å². The van der Waals surface area contributed by atoms with Crippen molar-refractivity contribution in [2.45, 2.75) is 98.3 Å². The number of benzene rings is 2. The van der Waals surface area contributed by atoms with Crippen LogP contribution in [0.4, 0.5) is 0 Å². The van der Waals surface area contributed by atoms with Crippen LogP contribution in [0.15, 0.2) is 133 Å². The number of hydrogen-bond acceptors (Lipinski definition) is 6. The van der Waals surface area contributed by atoms with Crippen molar-refractivity contribution in [2.75, 3.05) is 7.11 Å². The minimum Gasteiger partial charge on any atom is -0.490 e. The van der Waals surface area contributed by atoms with Crippen LogP contribution in [0.2, 0.25) is 5.04 Å². The van der Waals surface area contributed by atoms with Crippen LogP contribution in [-0.2, 0) is 23.9 Å². The normalized spacial score (nSPS) is 17.6. The van der Waals surface area contributed by atoms with E-state index in [-0.39, 0.29) is 35.5 Å². The van der Waals surface area contributed by atoms with Crippen LogP contribution in [-0.4, -0.2) is 50.2 Å². The van der Waals surface area contributed by atoms with Crippen molar-refractivity contribution < 1.29 is 28.7 Å². The van der Waals surface area contributed by atoms with E-state index in [1.807, 2.05) is 120 Å². The van der Waals surface area contributed by atoms with Gasteiger partial charge in [-0.3, -0.25) is 9.59 Å². The Hall–Kier alpha value is -4.73. The van der Waals surface area contributed by atoms with Gasteiger partial charge in [-0.05, 0) is 72.1 Å². The number of hydrogen-bond donors (Lipinski definition) is 3. The Labute approximate surface area is 330 Å². The first kappa shape index (κ1) is 44.7. The lowest BCUT2D eigenvalue weighted by molar-refractivity contribution is -0.151. The quantitative estimate of drug-likeness (QED) is 0.0474. The van der Waals surface area contributed by atoms with Crippen LogP contribution in [0.1, 0.15) is 81.1 Å². The molecule has 3 rings (SSSR count). The molecule has 0 radical (unpaired) electrons. The first-order valence-corrected chi connectivity index (χ1v) is 21.2. The van der Waals surface area contributed by atoms with E-state index < -0.39 is 30.8 Å². The third-order valence-electron chi connectivity index (χ3n) is 10.1. The third-order valence-corrected chi connectivity index (χ3v) is 14.6. The van der Waals surface area contributed by atoms with Gasteiger partial charge in [0.2, 0.25) is 11.8 Å². The first-order chi connectivity index (χ1) is 26.0. The second-order valence-electron chi connectivity index (χ2n) is 16.1. The molecule has 4 atom stereocenters. The maximum absolute atomic E-state index is 13.4. The fourth-order valence-electron chi connectivity index (χ4n) is 7.08. The molecule has 2 aromatic carbocycles. The highest BCUT2D eigenvalue weighted by molar-refractivity contribution is 6.98. The Kier molecular flexibility index (Phi) is 16.9. The lowest BCUT2D eigenvalue weighted by Crippen LogP contribution is -2.65. The highest BCUT2D eigenvalue weighted by atomic mass is 28.4. The summed E-state index contributed by atoms with van der Waals surface area (Å²) in [4.78, 5) is 51.0. The number of methoxy groups -OCH3 is 1. The fourth-order valence-corrected chi connectivity index (χ4v) is 10.9. The average Bonchev–Trinajstić information content (AvgIpc) is 3.15. The van der Waals surface area contributed by atoms with Gasteiger partial charge >= 0.3 is 5.97 Å². The minimum absolute atomic E-state index is 0.0116. The van der Waals surface area contributed by atoms with E-state index in [1.54, 1.807) is 24.4 Å². The predicted molar refractivity (Wildman–Crippen MR) is 226 cm³/mol. The summed E-state index contributed by atoms with van der Waals surface area (Å²) in [7, 11) is -1.73. The average molecular weight is 767 g/mol. The zero-order valence-electron chi connectivity index (χ0n) is 34.2. The van der Waals surface area contributed by atoms with Gasteiger partial charge in [0.15, 0.2) is 5.76 Å². The Bertz CT molecular complexity index is 1710. The maximum Gasteiger partial charge on any atom is 0.373 e. The molecule has 2 aromatic rings. The van der Waals surface area contributed by atoms with E-state index in [0.717, 1.165) is 28.8 Å². The largest absolute Gasteiger partial charge is 0.490 e. The molecule has 0 spiro atoms. The molecule has 0 saturated heterocycles. The second kappa shape index (κ2) is 20.8. The van der Waals surface area contributed by atoms with Gasteiger partial charge in [-0.15, -0.1) is 0 Å². The van der Waals surface area contributed by atoms with Gasteiger partial charge in [0, 0.05) is 18.4 Å². The van der Waals surface area contributed by atoms with Crippen molar-refractivity contribution in [3.05, 3.63) is 133 Å². The fraction of sp³-hybridized carbons (Fsp3) is 0.413. The van der Waals surface area contributed by atoms with Crippen LogP contribution < -0.4 is 21.0 Å². The molecule has 2 amide bonds. The summed E-state index contributed by atoms with van der Waals surface area (Å²) >= 11 is 0. The van der Waals surface area contributed by atoms with Gasteiger partial charge in [0.1, 0.15) is 12.1 Å². The van der Waals surface area contributed by atoms with E-state index in [4.69, 9.17) is 9.47 Å². The Morgan fingerprint density at radius 2 is 1.55 bits per heavy atom. The van der Waals surface area contributed by atoms with Gasteiger partial charge in [0.25, 0.3) is 8.32 Å². The minimum atomic E-state index is -3.18. The highest BCUT2D eigenvalue weighted by Gasteiger charge is 2.50. The summed E-state index contributed by atoms with van der Waals surface area (Å²) in [6.45, 7) is 16.0. The van der Waals surface area contributed by atoms with Crippen LogP contribution in [0.3, 0.4) is 0 Å². The highest BCUT2D eigenvalue weighted by Crippen LogP contribution is 2.43. The number of nitrogens with one attached hydrogen (secondary N) is 2. The molecule has 1 aliphatic heterocycles. The summed E-state index contributed by atoms with van der Waals surface area (Å²) in [6, 6.07) is 19.3. The molecule has 3 N–H and O–H groups in total. The van der Waals surface area contributed by atoms with E-state index >= 15 is 0 Å². The molecule has 296 valence electrons. The van der Waals surface area contributed by atoms with E-state index in [1.165, 1.54) is 13.2 Å². The smallest absolute Gasteiger partial charge is 0.373 e. The molecular formula is C46H62N2O6Si. The summed E-state index contributed by atoms with van der Waals surface area (Å²) in [5.41, 5.74) is 0.409. The van der Waals surface area contributed by atoms with Gasteiger partial charge in [-0.25, -0.2) is 4.79 Å². The first-order valence-electron chi connectivity index (χ1n) is 19.2. The number of carbonyl (C=O) groups is 3. The molecule has 0 fully saturated rings. The van der Waals surface area contributed by atoms with Crippen molar-refractivity contribution in [2.24, 2.45) is 17.3 Å². The van der Waals surface area contributed by atoms with Crippen molar-refractivity contribution in [3.8, 4) is 0 Å². The Balaban J connectivity index is 1.63. The summed E-state index contributed by atoms with van der Waals surface area (Å²) in [5.74, 6) is -0.699. The predicted octanol–water partition coefficient (Wildman–Crippen LogP) is 7.58. The number of esters is 1. The van der Waals surface area contributed by atoms with Crippen molar-refractivity contribution in [3.63, 3.8) is 0 Å². The second-order valence-corrected chi connectivity index (χ2v) is 20.0. The number of ether oxygens (including phenoxy) is 2.